The second-order valence-corrected chi connectivity index (χ2v) is 6.53. The molecule has 4 nitrogen and oxygen atoms in total. The highest BCUT2D eigenvalue weighted by Gasteiger charge is 2.48. The lowest BCUT2D eigenvalue weighted by Crippen LogP contribution is -2.39. The van der Waals surface area contributed by atoms with Crippen molar-refractivity contribution in [2.24, 2.45) is 5.92 Å². The summed E-state index contributed by atoms with van der Waals surface area (Å²) in [6.07, 6.45) is 6.51. The Kier molecular flexibility index (Phi) is 3.63. The van der Waals surface area contributed by atoms with Gasteiger partial charge in [0.15, 0.2) is 0 Å². The van der Waals surface area contributed by atoms with E-state index in [1.54, 1.807) is 18.3 Å². The fraction of sp³-hybridized carbons (Fsp3) is 0.444. The molecule has 0 N–H and O–H groups in total. The van der Waals surface area contributed by atoms with Crippen molar-refractivity contribution < 1.29 is 9.18 Å². The third-order valence-corrected chi connectivity index (χ3v) is 5.03. The van der Waals surface area contributed by atoms with Crippen LogP contribution in [0, 0.1) is 11.7 Å². The number of likely N-dealkylation sites (tertiary alicyclic amines) is 1. The summed E-state index contributed by atoms with van der Waals surface area (Å²) in [4.78, 5) is 14.8. The molecule has 23 heavy (non-hydrogen) atoms. The average molecular weight is 313 g/mol. The Morgan fingerprint density at radius 2 is 2.17 bits per heavy atom. The number of benzene rings is 1. The molecule has 3 atom stereocenters. The summed E-state index contributed by atoms with van der Waals surface area (Å²) in [7, 11) is 0. The van der Waals surface area contributed by atoms with Gasteiger partial charge in [-0.15, -0.1) is 0 Å². The summed E-state index contributed by atoms with van der Waals surface area (Å²) in [5.41, 5.74) is 0.689. The van der Waals surface area contributed by atoms with Gasteiger partial charge in [-0.05, 0) is 42.9 Å². The van der Waals surface area contributed by atoms with Gasteiger partial charge in [0.25, 0.3) is 0 Å². The smallest absolute Gasteiger partial charge is 0.226 e. The maximum absolute atomic E-state index is 13.9. The third kappa shape index (κ3) is 2.76. The van der Waals surface area contributed by atoms with Gasteiger partial charge in [0.2, 0.25) is 5.91 Å². The Labute approximate surface area is 134 Å². The number of amides is 1. The Hall–Kier alpha value is -2.17. The minimum atomic E-state index is -0.192. The van der Waals surface area contributed by atoms with Crippen molar-refractivity contribution in [1.29, 1.82) is 0 Å². The minimum Gasteiger partial charge on any atom is -0.338 e. The van der Waals surface area contributed by atoms with E-state index < -0.39 is 0 Å². The molecule has 0 radical (unpaired) electrons. The zero-order valence-electron chi connectivity index (χ0n) is 12.9. The molecule has 1 saturated carbocycles. The zero-order valence-corrected chi connectivity index (χ0v) is 12.9. The van der Waals surface area contributed by atoms with Crippen molar-refractivity contribution in [1.82, 2.24) is 14.7 Å². The van der Waals surface area contributed by atoms with Gasteiger partial charge in [0, 0.05) is 24.9 Å². The number of nitrogens with zero attached hydrogens (tertiary/aromatic N) is 3. The fourth-order valence-corrected chi connectivity index (χ4v) is 3.74. The lowest BCUT2D eigenvalue weighted by Gasteiger charge is -2.25. The molecule has 1 aliphatic carbocycles. The first-order valence-corrected chi connectivity index (χ1v) is 8.26. The molecule has 1 saturated heterocycles. The van der Waals surface area contributed by atoms with Crippen LogP contribution < -0.4 is 0 Å². The van der Waals surface area contributed by atoms with Gasteiger partial charge in [-0.2, -0.15) is 5.10 Å². The quantitative estimate of drug-likeness (QED) is 0.870. The van der Waals surface area contributed by atoms with E-state index in [0.29, 0.717) is 5.56 Å². The summed E-state index contributed by atoms with van der Waals surface area (Å²) >= 11 is 0. The second-order valence-electron chi connectivity index (χ2n) is 6.53. The molecule has 1 amide bonds. The van der Waals surface area contributed by atoms with Gasteiger partial charge in [-0.25, -0.2) is 4.39 Å². The highest BCUT2D eigenvalue weighted by Crippen LogP contribution is 2.49. The van der Waals surface area contributed by atoms with Crippen molar-refractivity contribution in [3.8, 4) is 0 Å². The van der Waals surface area contributed by atoms with Crippen LogP contribution in [0.4, 0.5) is 4.39 Å². The highest BCUT2D eigenvalue weighted by atomic mass is 19.1. The molecule has 1 aromatic carbocycles. The summed E-state index contributed by atoms with van der Waals surface area (Å²) in [6, 6.07) is 8.93. The van der Waals surface area contributed by atoms with E-state index in [9.17, 15) is 9.18 Å². The Balaban J connectivity index is 1.44. The van der Waals surface area contributed by atoms with Crippen LogP contribution in [-0.4, -0.2) is 33.2 Å². The van der Waals surface area contributed by atoms with Crippen molar-refractivity contribution in [2.75, 3.05) is 6.54 Å². The van der Waals surface area contributed by atoms with Crippen LogP contribution in [0.1, 0.15) is 30.7 Å². The standard InChI is InChI=1S/C18H20FN3O/c19-17-7-2-1-6-14(17)15-11-16(15)18(23)22-10-3-5-13(22)12-21-9-4-8-20-21/h1-2,4,6-9,13,15-16H,3,5,10-12H2/t13-,15+,16+/m0/s1. The Morgan fingerprint density at radius 3 is 2.96 bits per heavy atom. The van der Waals surface area contributed by atoms with E-state index in [1.165, 1.54) is 6.07 Å². The predicted octanol–water partition coefficient (Wildman–Crippen LogP) is 2.82. The first-order valence-electron chi connectivity index (χ1n) is 8.26. The van der Waals surface area contributed by atoms with Crippen molar-refractivity contribution in [3.63, 3.8) is 0 Å². The molecule has 2 fully saturated rings. The molecule has 120 valence electrons. The SMILES string of the molecule is O=C([C@@H]1C[C@@H]1c1ccccc1F)N1CCC[C@H]1Cn1cccn1. The van der Waals surface area contributed by atoms with Gasteiger partial charge < -0.3 is 4.90 Å². The molecule has 2 aromatic rings. The molecular formula is C18H20FN3O. The van der Waals surface area contributed by atoms with E-state index in [1.807, 2.05) is 27.9 Å². The number of hydrogen-bond donors (Lipinski definition) is 0. The minimum absolute atomic E-state index is 0.0506. The van der Waals surface area contributed by atoms with Gasteiger partial charge in [0.1, 0.15) is 5.82 Å². The van der Waals surface area contributed by atoms with Crippen molar-refractivity contribution in [2.45, 2.75) is 37.8 Å². The summed E-state index contributed by atoms with van der Waals surface area (Å²) in [5.74, 6) is -0.00463. The first-order chi connectivity index (χ1) is 11.2. The maximum atomic E-state index is 13.9. The maximum Gasteiger partial charge on any atom is 0.226 e. The average Bonchev–Trinajstić information content (AvgIpc) is 2.95. The van der Waals surface area contributed by atoms with E-state index in [4.69, 9.17) is 0 Å². The molecule has 0 unspecified atom stereocenters. The molecule has 5 heteroatoms. The van der Waals surface area contributed by atoms with Gasteiger partial charge >= 0.3 is 0 Å². The number of aromatic nitrogens is 2. The molecule has 1 aliphatic heterocycles. The van der Waals surface area contributed by atoms with Crippen molar-refractivity contribution in [3.05, 3.63) is 54.1 Å². The lowest BCUT2D eigenvalue weighted by atomic mass is 10.1. The van der Waals surface area contributed by atoms with Crippen molar-refractivity contribution >= 4 is 5.91 Å². The molecule has 1 aromatic heterocycles. The highest BCUT2D eigenvalue weighted by molar-refractivity contribution is 5.83. The molecule has 2 heterocycles. The topological polar surface area (TPSA) is 38.1 Å². The Morgan fingerprint density at radius 1 is 1.30 bits per heavy atom. The molecular weight excluding hydrogens is 293 g/mol. The van der Waals surface area contributed by atoms with Crippen LogP contribution in [0.15, 0.2) is 42.7 Å². The summed E-state index contributed by atoms with van der Waals surface area (Å²) < 4.78 is 15.8. The largest absolute Gasteiger partial charge is 0.338 e. The molecule has 0 spiro atoms. The van der Waals surface area contributed by atoms with Gasteiger partial charge in [-0.3, -0.25) is 9.48 Å². The van der Waals surface area contributed by atoms with Crippen LogP contribution >= 0.6 is 0 Å². The normalized spacial score (nSPS) is 26.5. The van der Waals surface area contributed by atoms with E-state index in [0.717, 1.165) is 32.4 Å². The lowest BCUT2D eigenvalue weighted by molar-refractivity contribution is -0.133. The molecule has 0 bridgehead atoms. The first kappa shape index (κ1) is 14.4. The number of halogens is 1. The monoisotopic (exact) mass is 313 g/mol. The summed E-state index contributed by atoms with van der Waals surface area (Å²) in [6.45, 7) is 1.56. The third-order valence-electron chi connectivity index (χ3n) is 5.03. The number of rotatable bonds is 4. The number of carbonyl (C=O) groups is 1. The molecule has 4 rings (SSSR count). The van der Waals surface area contributed by atoms with Crippen LogP contribution in [0.2, 0.25) is 0 Å². The van der Waals surface area contributed by atoms with E-state index >= 15 is 0 Å². The number of carbonyl (C=O) groups excluding carboxylic acids is 1. The molecule has 2 aliphatic rings. The fourth-order valence-electron chi connectivity index (χ4n) is 3.74. The van der Waals surface area contributed by atoms with Gasteiger partial charge in [-0.1, -0.05) is 18.2 Å². The van der Waals surface area contributed by atoms with Gasteiger partial charge in [0.05, 0.1) is 12.6 Å². The van der Waals surface area contributed by atoms with Crippen LogP contribution in [0.3, 0.4) is 0 Å². The van der Waals surface area contributed by atoms with Crippen LogP contribution in [0.5, 0.6) is 0 Å². The zero-order chi connectivity index (χ0) is 15.8. The Bertz CT molecular complexity index is 700. The second kappa shape index (κ2) is 5.80. The van der Waals surface area contributed by atoms with Crippen LogP contribution in [-0.2, 0) is 11.3 Å². The number of hydrogen-bond acceptors (Lipinski definition) is 2. The van der Waals surface area contributed by atoms with E-state index in [-0.39, 0.29) is 29.6 Å². The summed E-state index contributed by atoms with van der Waals surface area (Å²) in [5, 5.41) is 4.24. The van der Waals surface area contributed by atoms with E-state index in [2.05, 4.69) is 5.10 Å². The van der Waals surface area contributed by atoms with Crippen LogP contribution in [0.25, 0.3) is 0 Å². The predicted molar refractivity (Wildman–Crippen MR) is 84.2 cm³/mol.